The van der Waals surface area contributed by atoms with Crippen LogP contribution < -0.4 is 4.74 Å². The van der Waals surface area contributed by atoms with Gasteiger partial charge in [-0.3, -0.25) is 4.79 Å². The standard InChI is InChI=1S/C23H27NO3S2/c1-15(2)19(25)14-17-10-11-20(16(3)22(17)26)27-12-6-7-13-28-23-24-18-8-4-5-9-21(18)29-23/h4-5,8-11,15,26H,6-7,12-14H2,1-3H3. The molecule has 0 spiro atoms. The molecule has 0 atom stereocenters. The van der Waals surface area contributed by atoms with E-state index in [4.69, 9.17) is 4.74 Å². The maximum Gasteiger partial charge on any atom is 0.151 e. The van der Waals surface area contributed by atoms with Crippen molar-refractivity contribution in [3.63, 3.8) is 0 Å². The van der Waals surface area contributed by atoms with Gasteiger partial charge in [0.05, 0.1) is 16.8 Å². The highest BCUT2D eigenvalue weighted by Gasteiger charge is 2.15. The van der Waals surface area contributed by atoms with Crippen LogP contribution in [0.3, 0.4) is 0 Å². The van der Waals surface area contributed by atoms with Gasteiger partial charge in [-0.05, 0) is 38.0 Å². The van der Waals surface area contributed by atoms with Crippen molar-refractivity contribution in [3.05, 3.63) is 47.5 Å². The molecule has 0 bridgehead atoms. The second-order valence-electron chi connectivity index (χ2n) is 7.35. The normalized spacial score (nSPS) is 11.3. The number of benzene rings is 2. The van der Waals surface area contributed by atoms with Gasteiger partial charge in [0.15, 0.2) is 4.34 Å². The molecule has 6 heteroatoms. The lowest BCUT2D eigenvalue weighted by atomic mass is 9.98. The van der Waals surface area contributed by atoms with Gasteiger partial charge in [0.25, 0.3) is 0 Å². The SMILES string of the molecule is Cc1c(OCCCCSc2nc3ccccc3s2)ccc(CC(=O)C(C)C)c1O. The van der Waals surface area contributed by atoms with Crippen LogP contribution in [-0.4, -0.2) is 28.2 Å². The Balaban J connectivity index is 1.43. The summed E-state index contributed by atoms with van der Waals surface area (Å²) in [5.74, 6) is 1.94. The first kappa shape index (κ1) is 21.7. The predicted octanol–water partition coefficient (Wildman–Crippen LogP) is 6.03. The topological polar surface area (TPSA) is 59.4 Å². The van der Waals surface area contributed by atoms with E-state index in [1.165, 1.54) is 4.70 Å². The number of fused-ring (bicyclic) bond motifs is 1. The first-order valence-electron chi connectivity index (χ1n) is 9.91. The summed E-state index contributed by atoms with van der Waals surface area (Å²) in [5, 5.41) is 10.4. The third kappa shape index (κ3) is 5.73. The number of ether oxygens (including phenoxy) is 1. The highest BCUT2D eigenvalue weighted by molar-refractivity contribution is 8.01. The minimum Gasteiger partial charge on any atom is -0.507 e. The number of rotatable bonds is 10. The average molecular weight is 430 g/mol. The molecule has 3 aromatic rings. The Bertz CT molecular complexity index is 948. The first-order valence-corrected chi connectivity index (χ1v) is 11.7. The van der Waals surface area contributed by atoms with Gasteiger partial charge in [-0.25, -0.2) is 4.98 Å². The molecule has 0 fully saturated rings. The molecular weight excluding hydrogens is 402 g/mol. The fourth-order valence-electron chi connectivity index (χ4n) is 2.89. The van der Waals surface area contributed by atoms with Gasteiger partial charge in [0, 0.05) is 29.2 Å². The lowest BCUT2D eigenvalue weighted by Crippen LogP contribution is -2.10. The van der Waals surface area contributed by atoms with E-state index in [1.54, 1.807) is 29.2 Å². The van der Waals surface area contributed by atoms with Gasteiger partial charge in [0.1, 0.15) is 17.3 Å². The van der Waals surface area contributed by atoms with E-state index >= 15 is 0 Å². The van der Waals surface area contributed by atoms with Crippen molar-refractivity contribution < 1.29 is 14.6 Å². The van der Waals surface area contributed by atoms with Crippen LogP contribution >= 0.6 is 23.1 Å². The number of nitrogens with zero attached hydrogens (tertiary/aromatic N) is 1. The second-order valence-corrected chi connectivity index (χ2v) is 9.72. The van der Waals surface area contributed by atoms with E-state index in [0.717, 1.165) is 28.5 Å². The number of hydrogen-bond acceptors (Lipinski definition) is 6. The zero-order chi connectivity index (χ0) is 20.8. The highest BCUT2D eigenvalue weighted by atomic mass is 32.2. The maximum absolute atomic E-state index is 11.9. The Hall–Kier alpha value is -2.05. The summed E-state index contributed by atoms with van der Waals surface area (Å²) >= 11 is 3.53. The molecule has 154 valence electrons. The van der Waals surface area contributed by atoms with Gasteiger partial charge in [-0.15, -0.1) is 11.3 Å². The molecule has 0 aliphatic rings. The third-order valence-corrected chi connectivity index (χ3v) is 7.04. The van der Waals surface area contributed by atoms with Gasteiger partial charge in [-0.2, -0.15) is 0 Å². The van der Waals surface area contributed by atoms with Gasteiger partial charge >= 0.3 is 0 Å². The number of phenols is 1. The van der Waals surface area contributed by atoms with Crippen molar-refractivity contribution in [1.29, 1.82) is 0 Å². The van der Waals surface area contributed by atoms with Crippen LogP contribution in [0.2, 0.25) is 0 Å². The fraction of sp³-hybridized carbons (Fsp3) is 0.391. The zero-order valence-corrected chi connectivity index (χ0v) is 18.7. The smallest absolute Gasteiger partial charge is 0.151 e. The van der Waals surface area contributed by atoms with E-state index < -0.39 is 0 Å². The van der Waals surface area contributed by atoms with E-state index in [1.807, 2.05) is 45.0 Å². The van der Waals surface area contributed by atoms with Crippen LogP contribution in [0.4, 0.5) is 0 Å². The van der Waals surface area contributed by atoms with Crippen molar-refractivity contribution in [2.75, 3.05) is 12.4 Å². The number of phenolic OH excluding ortho intramolecular Hbond substituents is 1. The van der Waals surface area contributed by atoms with E-state index in [9.17, 15) is 9.90 Å². The molecule has 0 aliphatic heterocycles. The van der Waals surface area contributed by atoms with Crippen LogP contribution in [0.15, 0.2) is 40.7 Å². The number of thiazole rings is 1. The van der Waals surface area contributed by atoms with Crippen LogP contribution in [0, 0.1) is 12.8 Å². The first-order chi connectivity index (χ1) is 14.0. The minimum atomic E-state index is -0.0359. The van der Waals surface area contributed by atoms with Crippen LogP contribution in [0.1, 0.15) is 37.8 Å². The Morgan fingerprint density at radius 2 is 2.00 bits per heavy atom. The molecule has 0 unspecified atom stereocenters. The summed E-state index contributed by atoms with van der Waals surface area (Å²) in [7, 11) is 0. The number of ketones is 1. The summed E-state index contributed by atoms with van der Waals surface area (Å²) in [6, 6.07) is 11.9. The van der Waals surface area contributed by atoms with Gasteiger partial charge in [0.2, 0.25) is 0 Å². The van der Waals surface area contributed by atoms with E-state index in [2.05, 4.69) is 11.1 Å². The highest BCUT2D eigenvalue weighted by Crippen LogP contribution is 2.32. The number of carbonyl (C=O) groups is 1. The predicted molar refractivity (Wildman–Crippen MR) is 121 cm³/mol. The minimum absolute atomic E-state index is 0.0359. The van der Waals surface area contributed by atoms with Crippen LogP contribution in [-0.2, 0) is 11.2 Å². The van der Waals surface area contributed by atoms with E-state index in [0.29, 0.717) is 23.5 Å². The summed E-state index contributed by atoms with van der Waals surface area (Å²) in [4.78, 5) is 16.6. The molecule has 0 saturated heterocycles. The lowest BCUT2D eigenvalue weighted by molar-refractivity contribution is -0.121. The number of para-hydroxylation sites is 1. The molecule has 2 aromatic carbocycles. The molecule has 29 heavy (non-hydrogen) atoms. The van der Waals surface area contributed by atoms with E-state index in [-0.39, 0.29) is 23.9 Å². The number of unbranched alkanes of at least 4 members (excludes halogenated alkanes) is 1. The Labute approximate surface area is 180 Å². The number of aromatic nitrogens is 1. The third-order valence-electron chi connectivity index (χ3n) is 4.77. The van der Waals surface area contributed by atoms with Gasteiger partial charge in [-0.1, -0.05) is 43.8 Å². The number of Topliss-reactive ketones (excluding diaryl/α,β-unsaturated/α-hetero) is 1. The molecule has 0 radical (unpaired) electrons. The molecule has 0 amide bonds. The Morgan fingerprint density at radius 1 is 1.21 bits per heavy atom. The summed E-state index contributed by atoms with van der Waals surface area (Å²) in [5.41, 5.74) is 2.43. The van der Waals surface area contributed by atoms with Crippen molar-refractivity contribution in [2.45, 2.75) is 44.4 Å². The molecule has 0 aliphatic carbocycles. The summed E-state index contributed by atoms with van der Waals surface area (Å²) < 4.78 is 8.20. The largest absolute Gasteiger partial charge is 0.507 e. The molecule has 1 aromatic heterocycles. The van der Waals surface area contributed by atoms with Crippen LogP contribution in [0.25, 0.3) is 10.2 Å². The van der Waals surface area contributed by atoms with Crippen molar-refractivity contribution in [2.24, 2.45) is 5.92 Å². The molecule has 0 saturated carbocycles. The Morgan fingerprint density at radius 3 is 2.76 bits per heavy atom. The fourth-order valence-corrected chi connectivity index (χ4v) is 5.03. The Kier molecular flexibility index (Phi) is 7.56. The molecule has 1 heterocycles. The molecule has 1 N–H and O–H groups in total. The number of thioether (sulfide) groups is 1. The lowest BCUT2D eigenvalue weighted by Gasteiger charge is -2.13. The van der Waals surface area contributed by atoms with Crippen molar-refractivity contribution >= 4 is 39.1 Å². The summed E-state index contributed by atoms with van der Waals surface area (Å²) in [6.07, 6.45) is 2.23. The maximum atomic E-state index is 11.9. The number of hydrogen-bond donors (Lipinski definition) is 1. The van der Waals surface area contributed by atoms with Gasteiger partial charge < -0.3 is 9.84 Å². The second kappa shape index (κ2) is 10.1. The average Bonchev–Trinajstić information content (AvgIpc) is 3.12. The van der Waals surface area contributed by atoms with Crippen molar-refractivity contribution in [3.8, 4) is 11.5 Å². The molecule has 3 rings (SSSR count). The monoisotopic (exact) mass is 429 g/mol. The van der Waals surface area contributed by atoms with Crippen molar-refractivity contribution in [1.82, 2.24) is 4.98 Å². The molecule has 4 nitrogen and oxygen atoms in total. The molecular formula is C23H27NO3S2. The quantitative estimate of drug-likeness (QED) is 0.315. The zero-order valence-electron chi connectivity index (χ0n) is 17.1. The number of carbonyl (C=O) groups excluding carboxylic acids is 1. The summed E-state index contributed by atoms with van der Waals surface area (Å²) in [6.45, 7) is 6.18. The number of aromatic hydroxyl groups is 1. The van der Waals surface area contributed by atoms with Crippen LogP contribution in [0.5, 0.6) is 11.5 Å².